The molecule has 1 aliphatic heterocycles. The van der Waals surface area contributed by atoms with Crippen molar-refractivity contribution in [3.63, 3.8) is 0 Å². The molecule has 116 valence electrons. The minimum Gasteiger partial charge on any atom is -0.477 e. The Labute approximate surface area is 122 Å². The lowest BCUT2D eigenvalue weighted by Gasteiger charge is -2.31. The van der Waals surface area contributed by atoms with Gasteiger partial charge in [-0.3, -0.25) is 4.79 Å². The Balaban J connectivity index is 2.43. The number of aromatic carboxylic acids is 1. The Morgan fingerprint density at radius 1 is 1.29 bits per heavy atom. The summed E-state index contributed by atoms with van der Waals surface area (Å²) in [6.45, 7) is 1.82. The second-order valence-electron chi connectivity index (χ2n) is 5.00. The fourth-order valence-electron chi connectivity index (χ4n) is 2.22. The molecular formula is C12H17N3O5S. The maximum atomic E-state index is 12.6. The number of rotatable bonds is 3. The molecule has 0 radical (unpaired) electrons. The molecule has 1 N–H and O–H groups in total. The molecule has 0 bridgehead atoms. The van der Waals surface area contributed by atoms with E-state index in [4.69, 9.17) is 5.11 Å². The average Bonchev–Trinajstić information content (AvgIpc) is 2.70. The molecule has 8 nitrogen and oxygen atoms in total. The standard InChI is InChI=1S/C12H17N3O5S/c1-8-10(6-9(12(17)18)14(8)3)21(19,20)15-5-4-13(2)11(16)7-15/h6H,4-5,7H2,1-3H3,(H,17,18). The van der Waals surface area contributed by atoms with Crippen LogP contribution in [0.4, 0.5) is 0 Å². The van der Waals surface area contributed by atoms with Crippen LogP contribution in [0.1, 0.15) is 16.2 Å². The molecule has 2 heterocycles. The Kier molecular flexibility index (Phi) is 3.81. The summed E-state index contributed by atoms with van der Waals surface area (Å²) >= 11 is 0. The van der Waals surface area contributed by atoms with E-state index >= 15 is 0 Å². The van der Waals surface area contributed by atoms with Gasteiger partial charge < -0.3 is 14.6 Å². The minimum atomic E-state index is -3.88. The van der Waals surface area contributed by atoms with Gasteiger partial charge >= 0.3 is 5.97 Å². The molecule has 0 unspecified atom stereocenters. The van der Waals surface area contributed by atoms with Crippen LogP contribution >= 0.6 is 0 Å². The van der Waals surface area contributed by atoms with E-state index in [9.17, 15) is 18.0 Å². The van der Waals surface area contributed by atoms with Crippen LogP contribution < -0.4 is 0 Å². The zero-order valence-electron chi connectivity index (χ0n) is 12.0. The highest BCUT2D eigenvalue weighted by molar-refractivity contribution is 7.89. The van der Waals surface area contributed by atoms with Crippen molar-refractivity contribution in [3.8, 4) is 0 Å². The lowest BCUT2D eigenvalue weighted by atomic mass is 10.4. The largest absolute Gasteiger partial charge is 0.477 e. The van der Waals surface area contributed by atoms with Gasteiger partial charge in [0.2, 0.25) is 15.9 Å². The first-order valence-electron chi connectivity index (χ1n) is 6.30. The molecule has 21 heavy (non-hydrogen) atoms. The van der Waals surface area contributed by atoms with Gasteiger partial charge in [-0.25, -0.2) is 13.2 Å². The van der Waals surface area contributed by atoms with Crippen LogP contribution in [-0.4, -0.2) is 65.9 Å². The third-order valence-corrected chi connectivity index (χ3v) is 5.71. The Morgan fingerprint density at radius 3 is 2.38 bits per heavy atom. The van der Waals surface area contributed by atoms with Crippen LogP contribution in [0.25, 0.3) is 0 Å². The normalized spacial score (nSPS) is 17.3. The highest BCUT2D eigenvalue weighted by Gasteiger charge is 2.34. The predicted octanol–water partition coefficient (Wildman–Crippen LogP) is -0.506. The lowest BCUT2D eigenvalue weighted by Crippen LogP contribution is -2.50. The summed E-state index contributed by atoms with van der Waals surface area (Å²) in [4.78, 5) is 24.2. The molecule has 0 aromatic carbocycles. The van der Waals surface area contributed by atoms with Gasteiger partial charge in [0.25, 0.3) is 0 Å². The fourth-order valence-corrected chi connectivity index (χ4v) is 3.87. The number of carbonyl (C=O) groups is 2. The third kappa shape index (κ3) is 2.54. The molecule has 0 saturated carbocycles. The maximum Gasteiger partial charge on any atom is 0.352 e. The van der Waals surface area contributed by atoms with Gasteiger partial charge in [0.1, 0.15) is 10.6 Å². The average molecular weight is 315 g/mol. The third-order valence-electron chi connectivity index (χ3n) is 3.75. The van der Waals surface area contributed by atoms with Crippen molar-refractivity contribution in [2.24, 2.45) is 7.05 Å². The van der Waals surface area contributed by atoms with Crippen molar-refractivity contribution in [3.05, 3.63) is 17.5 Å². The van der Waals surface area contributed by atoms with Crippen molar-refractivity contribution in [2.75, 3.05) is 26.7 Å². The summed E-state index contributed by atoms with van der Waals surface area (Å²) in [6, 6.07) is 1.13. The first kappa shape index (κ1) is 15.5. The smallest absolute Gasteiger partial charge is 0.352 e. The second kappa shape index (κ2) is 5.15. The van der Waals surface area contributed by atoms with Crippen LogP contribution in [0.5, 0.6) is 0 Å². The van der Waals surface area contributed by atoms with E-state index < -0.39 is 16.0 Å². The second-order valence-corrected chi connectivity index (χ2v) is 6.90. The molecule has 1 aromatic rings. The van der Waals surface area contributed by atoms with E-state index in [0.717, 1.165) is 10.4 Å². The molecule has 1 amide bonds. The first-order valence-corrected chi connectivity index (χ1v) is 7.74. The zero-order chi connectivity index (χ0) is 15.9. The summed E-state index contributed by atoms with van der Waals surface area (Å²) in [5, 5.41) is 9.07. The zero-order valence-corrected chi connectivity index (χ0v) is 12.8. The SMILES string of the molecule is Cc1c(S(=O)(=O)N2CCN(C)C(=O)C2)cc(C(=O)O)n1C. The summed E-state index contributed by atoms with van der Waals surface area (Å²) in [7, 11) is -0.776. The number of carboxylic acids is 1. The van der Waals surface area contributed by atoms with Gasteiger partial charge in [-0.15, -0.1) is 0 Å². The molecule has 9 heteroatoms. The molecule has 1 aliphatic rings. The number of nitrogens with zero attached hydrogens (tertiary/aromatic N) is 3. The molecule has 0 aliphatic carbocycles. The minimum absolute atomic E-state index is 0.0697. The fraction of sp³-hybridized carbons (Fsp3) is 0.500. The van der Waals surface area contributed by atoms with Crippen molar-refractivity contribution >= 4 is 21.9 Å². The van der Waals surface area contributed by atoms with Crippen LogP contribution in [0, 0.1) is 6.92 Å². The lowest BCUT2D eigenvalue weighted by molar-refractivity contribution is -0.132. The van der Waals surface area contributed by atoms with Crippen LogP contribution in [0.3, 0.4) is 0 Å². The number of likely N-dealkylation sites (N-methyl/N-ethyl adjacent to an activating group) is 1. The number of hydrogen-bond acceptors (Lipinski definition) is 4. The van der Waals surface area contributed by atoms with E-state index in [2.05, 4.69) is 0 Å². The number of carbonyl (C=O) groups excluding carboxylic acids is 1. The van der Waals surface area contributed by atoms with Crippen LogP contribution in [0.2, 0.25) is 0 Å². The summed E-state index contributed by atoms with van der Waals surface area (Å²) in [6.07, 6.45) is 0. The number of aromatic nitrogens is 1. The Hall–Kier alpha value is -1.87. The van der Waals surface area contributed by atoms with E-state index in [1.165, 1.54) is 23.4 Å². The van der Waals surface area contributed by atoms with E-state index in [1.807, 2.05) is 0 Å². The van der Waals surface area contributed by atoms with Gasteiger partial charge in [-0.2, -0.15) is 4.31 Å². The quantitative estimate of drug-likeness (QED) is 0.810. The highest BCUT2D eigenvalue weighted by atomic mass is 32.2. The first-order chi connectivity index (χ1) is 9.66. The topological polar surface area (TPSA) is 99.9 Å². The summed E-state index contributed by atoms with van der Waals surface area (Å²) in [5.74, 6) is -1.48. The molecular weight excluding hydrogens is 298 g/mol. The van der Waals surface area contributed by atoms with Crippen LogP contribution in [0.15, 0.2) is 11.0 Å². The van der Waals surface area contributed by atoms with E-state index in [-0.39, 0.29) is 29.6 Å². The van der Waals surface area contributed by atoms with Crippen LogP contribution in [-0.2, 0) is 21.9 Å². The molecule has 0 atom stereocenters. The predicted molar refractivity (Wildman–Crippen MR) is 73.5 cm³/mol. The van der Waals surface area contributed by atoms with Crippen molar-refractivity contribution in [1.29, 1.82) is 0 Å². The maximum absolute atomic E-state index is 12.6. The number of amides is 1. The van der Waals surface area contributed by atoms with Crippen molar-refractivity contribution in [2.45, 2.75) is 11.8 Å². The van der Waals surface area contributed by atoms with Gasteiger partial charge in [0.05, 0.1) is 6.54 Å². The molecule has 1 aromatic heterocycles. The molecule has 2 rings (SSSR count). The Bertz CT molecular complexity index is 707. The number of piperazine rings is 1. The van der Waals surface area contributed by atoms with Crippen molar-refractivity contribution in [1.82, 2.24) is 13.8 Å². The molecule has 0 spiro atoms. The highest BCUT2D eigenvalue weighted by Crippen LogP contribution is 2.24. The van der Waals surface area contributed by atoms with E-state index in [1.54, 1.807) is 7.05 Å². The number of sulfonamides is 1. The monoisotopic (exact) mass is 315 g/mol. The summed E-state index contributed by atoms with van der Waals surface area (Å²) < 4.78 is 27.6. The summed E-state index contributed by atoms with van der Waals surface area (Å²) in [5.41, 5.74) is 0.227. The number of hydrogen-bond donors (Lipinski definition) is 1. The molecule has 1 fully saturated rings. The van der Waals surface area contributed by atoms with Crippen molar-refractivity contribution < 1.29 is 23.1 Å². The van der Waals surface area contributed by atoms with Gasteiger partial charge in [0.15, 0.2) is 0 Å². The number of carboxylic acid groups (broad SMARTS) is 1. The van der Waals surface area contributed by atoms with E-state index in [0.29, 0.717) is 12.2 Å². The van der Waals surface area contributed by atoms with Gasteiger partial charge in [-0.1, -0.05) is 0 Å². The Morgan fingerprint density at radius 2 is 1.90 bits per heavy atom. The van der Waals surface area contributed by atoms with Gasteiger partial charge in [-0.05, 0) is 13.0 Å². The van der Waals surface area contributed by atoms with Gasteiger partial charge in [0, 0.05) is 32.9 Å². The molecule has 1 saturated heterocycles.